The van der Waals surface area contributed by atoms with Crippen molar-refractivity contribution in [1.82, 2.24) is 0 Å². The van der Waals surface area contributed by atoms with E-state index in [1.54, 1.807) is 6.92 Å². The zero-order valence-electron chi connectivity index (χ0n) is 14.8. The number of hydrogen-bond donors (Lipinski definition) is 1. The molecule has 0 bridgehead atoms. The predicted molar refractivity (Wildman–Crippen MR) is 99.7 cm³/mol. The zero-order chi connectivity index (χ0) is 17.8. The Hall–Kier alpha value is -2.59. The smallest absolute Gasteiger partial charge is 0.137 e. The lowest BCUT2D eigenvalue weighted by atomic mass is 10.1. The van der Waals surface area contributed by atoms with Crippen LogP contribution in [-0.4, -0.2) is 24.4 Å². The Morgan fingerprint density at radius 3 is 2.56 bits per heavy atom. The molecule has 0 spiro atoms. The molecule has 0 saturated heterocycles. The van der Waals surface area contributed by atoms with Crippen LogP contribution in [0.1, 0.15) is 19.4 Å². The monoisotopic (exact) mass is 337 g/mol. The molecular weight excluding hydrogens is 314 g/mol. The van der Waals surface area contributed by atoms with Gasteiger partial charge in [-0.25, -0.2) is 0 Å². The van der Waals surface area contributed by atoms with Gasteiger partial charge in [0.1, 0.15) is 17.1 Å². The minimum absolute atomic E-state index is 0.339. The van der Waals surface area contributed by atoms with E-state index in [0.29, 0.717) is 13.2 Å². The fraction of sp³-hybridized carbons (Fsp3) is 0.286. The average Bonchev–Trinajstić information content (AvgIpc) is 2.60. The first-order chi connectivity index (χ1) is 12.1. The molecule has 1 heterocycles. The van der Waals surface area contributed by atoms with E-state index in [4.69, 9.17) is 9.15 Å². The molecule has 3 aromatic rings. The quantitative estimate of drug-likeness (QED) is 0.763. The van der Waals surface area contributed by atoms with Crippen LogP contribution in [0.25, 0.3) is 22.3 Å². The Morgan fingerprint density at radius 1 is 1.12 bits per heavy atom. The van der Waals surface area contributed by atoms with Crippen molar-refractivity contribution in [1.29, 1.82) is 0 Å². The maximum absolute atomic E-state index is 9.60. The van der Waals surface area contributed by atoms with Gasteiger partial charge in [0.15, 0.2) is 0 Å². The normalized spacial score (nSPS) is 13.2. The molecule has 4 nitrogen and oxygen atoms in total. The second-order valence-corrected chi connectivity index (χ2v) is 6.14. The maximum atomic E-state index is 9.60. The highest BCUT2D eigenvalue weighted by molar-refractivity contribution is 5.80. The molecule has 0 aliphatic carbocycles. The predicted octanol–water partition coefficient (Wildman–Crippen LogP) is 4.09. The highest BCUT2D eigenvalue weighted by Gasteiger charge is 2.08. The van der Waals surface area contributed by atoms with Crippen molar-refractivity contribution in [2.75, 3.05) is 13.2 Å². The lowest BCUT2D eigenvalue weighted by molar-refractivity contribution is 0.203. The summed E-state index contributed by atoms with van der Waals surface area (Å²) in [7, 11) is 0. The lowest BCUT2D eigenvalue weighted by Crippen LogP contribution is -2.11. The van der Waals surface area contributed by atoms with Gasteiger partial charge in [0.2, 0.25) is 0 Å². The van der Waals surface area contributed by atoms with Crippen molar-refractivity contribution < 1.29 is 14.3 Å². The number of aryl methyl sites for hydroxylation is 1. The second kappa shape index (κ2) is 7.53. The maximum Gasteiger partial charge on any atom is 0.137 e. The molecule has 0 aliphatic rings. The largest absolute Gasteiger partial charge is 0.494 e. The second-order valence-electron chi connectivity index (χ2n) is 6.14. The summed E-state index contributed by atoms with van der Waals surface area (Å²) in [5.74, 6) is 1.53. The van der Waals surface area contributed by atoms with E-state index in [1.165, 1.54) is 5.56 Å². The fourth-order valence-corrected chi connectivity index (χ4v) is 2.63. The minimum Gasteiger partial charge on any atom is -0.494 e. The SMILES string of the molecule is CCOc1ccc2oc(-c3ccc(C)cc3)cc(=NC[C@H](C)O)c2c1. The molecule has 3 rings (SSSR count). The Bertz CT molecular complexity index is 924. The number of nitrogens with zero attached hydrogens (tertiary/aromatic N) is 1. The number of fused-ring (bicyclic) bond motifs is 1. The third kappa shape index (κ3) is 4.09. The third-order valence-corrected chi connectivity index (χ3v) is 3.89. The van der Waals surface area contributed by atoms with Gasteiger partial charge in [-0.2, -0.15) is 0 Å². The summed E-state index contributed by atoms with van der Waals surface area (Å²) < 4.78 is 11.7. The Morgan fingerprint density at radius 2 is 1.88 bits per heavy atom. The minimum atomic E-state index is -0.495. The first-order valence-electron chi connectivity index (χ1n) is 8.53. The summed E-state index contributed by atoms with van der Waals surface area (Å²) >= 11 is 0. The van der Waals surface area contributed by atoms with Crippen molar-refractivity contribution in [3.05, 3.63) is 59.5 Å². The summed E-state index contributed by atoms with van der Waals surface area (Å²) in [6, 6.07) is 15.8. The third-order valence-electron chi connectivity index (χ3n) is 3.89. The highest BCUT2D eigenvalue weighted by Crippen LogP contribution is 2.25. The first kappa shape index (κ1) is 17.2. The van der Waals surface area contributed by atoms with Crippen LogP contribution in [0.2, 0.25) is 0 Å². The molecule has 0 fully saturated rings. The Labute approximate surface area is 147 Å². The van der Waals surface area contributed by atoms with Crippen LogP contribution >= 0.6 is 0 Å². The summed E-state index contributed by atoms with van der Waals surface area (Å²) in [6.45, 7) is 6.68. The molecule has 4 heteroatoms. The molecule has 0 unspecified atom stereocenters. The standard InChI is InChI=1S/C21H23NO3/c1-4-24-17-9-10-20-18(11-17)19(22-13-15(3)23)12-21(25-20)16-7-5-14(2)6-8-16/h5-12,15,23H,4,13H2,1-3H3/t15-/m0/s1. The van der Waals surface area contributed by atoms with Crippen LogP contribution < -0.4 is 10.1 Å². The summed E-state index contributed by atoms with van der Waals surface area (Å²) in [6.07, 6.45) is -0.495. The van der Waals surface area contributed by atoms with Crippen molar-refractivity contribution in [3.63, 3.8) is 0 Å². The highest BCUT2D eigenvalue weighted by atomic mass is 16.5. The molecule has 130 valence electrons. The molecule has 0 saturated carbocycles. The summed E-state index contributed by atoms with van der Waals surface area (Å²) in [5, 5.41) is 11.3. The molecular formula is C21H23NO3. The number of hydrogen-bond acceptors (Lipinski definition) is 4. The van der Waals surface area contributed by atoms with E-state index >= 15 is 0 Å². The number of rotatable bonds is 5. The van der Waals surface area contributed by atoms with E-state index in [-0.39, 0.29) is 0 Å². The van der Waals surface area contributed by atoms with Gasteiger partial charge in [-0.05, 0) is 39.0 Å². The van der Waals surface area contributed by atoms with Gasteiger partial charge in [0.25, 0.3) is 0 Å². The molecule has 1 atom stereocenters. The van der Waals surface area contributed by atoms with Gasteiger partial charge < -0.3 is 14.3 Å². The van der Waals surface area contributed by atoms with Gasteiger partial charge in [0.05, 0.1) is 24.6 Å². The van der Waals surface area contributed by atoms with Crippen molar-refractivity contribution in [2.45, 2.75) is 26.9 Å². The molecule has 25 heavy (non-hydrogen) atoms. The molecule has 2 aromatic carbocycles. The van der Waals surface area contributed by atoms with Crippen molar-refractivity contribution in [3.8, 4) is 17.1 Å². The van der Waals surface area contributed by atoms with Crippen molar-refractivity contribution >= 4 is 11.0 Å². The molecule has 1 N–H and O–H groups in total. The van der Waals surface area contributed by atoms with Crippen LogP contribution in [-0.2, 0) is 0 Å². The van der Waals surface area contributed by atoms with E-state index in [0.717, 1.165) is 33.4 Å². The topological polar surface area (TPSA) is 55.0 Å². The Balaban J connectivity index is 2.19. The number of ether oxygens (including phenoxy) is 1. The summed E-state index contributed by atoms with van der Waals surface area (Å²) in [4.78, 5) is 4.57. The number of aliphatic hydroxyl groups is 1. The van der Waals surface area contributed by atoms with Crippen molar-refractivity contribution in [2.24, 2.45) is 4.99 Å². The molecule has 0 amide bonds. The van der Waals surface area contributed by atoms with E-state index in [1.807, 2.05) is 43.3 Å². The van der Waals surface area contributed by atoms with E-state index in [2.05, 4.69) is 24.0 Å². The average molecular weight is 337 g/mol. The van der Waals surface area contributed by atoms with Crippen LogP contribution in [0.3, 0.4) is 0 Å². The molecule has 1 aromatic heterocycles. The zero-order valence-corrected chi connectivity index (χ0v) is 14.8. The lowest BCUT2D eigenvalue weighted by Gasteiger charge is -2.08. The van der Waals surface area contributed by atoms with Gasteiger partial charge >= 0.3 is 0 Å². The van der Waals surface area contributed by atoms with E-state index < -0.39 is 6.10 Å². The van der Waals surface area contributed by atoms with Crippen LogP contribution in [0.15, 0.2) is 57.9 Å². The van der Waals surface area contributed by atoms with Gasteiger partial charge in [0, 0.05) is 17.0 Å². The Kier molecular flexibility index (Phi) is 5.19. The van der Waals surface area contributed by atoms with Crippen LogP contribution in [0.5, 0.6) is 5.75 Å². The van der Waals surface area contributed by atoms with Gasteiger partial charge in [-0.15, -0.1) is 0 Å². The van der Waals surface area contributed by atoms with Crippen LogP contribution in [0.4, 0.5) is 0 Å². The number of benzene rings is 2. The van der Waals surface area contributed by atoms with E-state index in [9.17, 15) is 5.11 Å². The molecule has 0 aliphatic heterocycles. The first-order valence-corrected chi connectivity index (χ1v) is 8.53. The van der Waals surface area contributed by atoms with Crippen LogP contribution in [0, 0.1) is 6.92 Å². The number of aliphatic hydroxyl groups excluding tert-OH is 1. The van der Waals surface area contributed by atoms with Gasteiger partial charge in [-0.1, -0.05) is 29.8 Å². The fourth-order valence-electron chi connectivity index (χ4n) is 2.63. The molecule has 0 radical (unpaired) electrons. The summed E-state index contributed by atoms with van der Waals surface area (Å²) in [5.41, 5.74) is 2.94. The van der Waals surface area contributed by atoms with Gasteiger partial charge in [-0.3, -0.25) is 4.99 Å².